The Morgan fingerprint density at radius 2 is 1.75 bits per heavy atom. The summed E-state index contributed by atoms with van der Waals surface area (Å²) in [5.74, 6) is -0.263. The average Bonchev–Trinajstić information content (AvgIpc) is 3.04. The maximum absolute atomic E-state index is 12.2. The lowest BCUT2D eigenvalue weighted by Gasteiger charge is -2.04. The molecular formula is C18H14N2O3S. The highest BCUT2D eigenvalue weighted by Crippen LogP contribution is 2.25. The molecule has 3 aromatic rings. The van der Waals surface area contributed by atoms with Crippen molar-refractivity contribution in [2.45, 2.75) is 6.92 Å². The molecule has 1 N–H and O–H groups in total. The highest BCUT2D eigenvalue weighted by molar-refractivity contribution is 7.14. The fourth-order valence-corrected chi connectivity index (χ4v) is 2.80. The standard InChI is InChI=1S/C18H14N2O3S/c1-12(21)23-15-9-7-14(8-10-15)17(22)20-18-19-16(11-24-18)13-5-3-2-4-6-13/h2-11H,1H3,(H,19,20,22). The molecule has 1 aromatic heterocycles. The van der Waals surface area contributed by atoms with Crippen LogP contribution in [0.1, 0.15) is 17.3 Å². The predicted octanol–water partition coefficient (Wildman–Crippen LogP) is 3.99. The Morgan fingerprint density at radius 3 is 2.42 bits per heavy atom. The van der Waals surface area contributed by atoms with Gasteiger partial charge in [0, 0.05) is 23.4 Å². The van der Waals surface area contributed by atoms with Crippen molar-refractivity contribution in [2.24, 2.45) is 0 Å². The Hall–Kier alpha value is -2.99. The quantitative estimate of drug-likeness (QED) is 0.577. The predicted molar refractivity (Wildman–Crippen MR) is 93.3 cm³/mol. The molecule has 0 saturated carbocycles. The van der Waals surface area contributed by atoms with Gasteiger partial charge in [-0.1, -0.05) is 30.3 Å². The molecule has 0 radical (unpaired) electrons. The number of carbonyl (C=O) groups excluding carboxylic acids is 2. The summed E-state index contributed by atoms with van der Waals surface area (Å²) in [6.07, 6.45) is 0. The number of hydrogen-bond donors (Lipinski definition) is 1. The minimum Gasteiger partial charge on any atom is -0.427 e. The number of ether oxygens (including phenoxy) is 1. The number of carbonyl (C=O) groups is 2. The first kappa shape index (κ1) is 15.9. The van der Waals surface area contributed by atoms with Gasteiger partial charge < -0.3 is 4.74 Å². The molecule has 0 aliphatic carbocycles. The topological polar surface area (TPSA) is 68.3 Å². The lowest BCUT2D eigenvalue weighted by atomic mass is 10.2. The van der Waals surface area contributed by atoms with Gasteiger partial charge in [0.25, 0.3) is 5.91 Å². The maximum atomic E-state index is 12.2. The molecule has 6 heteroatoms. The Kier molecular flexibility index (Phi) is 4.67. The number of thiazole rings is 1. The van der Waals surface area contributed by atoms with E-state index in [-0.39, 0.29) is 5.91 Å². The minimum absolute atomic E-state index is 0.265. The summed E-state index contributed by atoms with van der Waals surface area (Å²) in [6.45, 7) is 1.33. The van der Waals surface area contributed by atoms with E-state index in [1.807, 2.05) is 35.7 Å². The number of nitrogens with zero attached hydrogens (tertiary/aromatic N) is 1. The largest absolute Gasteiger partial charge is 0.427 e. The van der Waals surface area contributed by atoms with Crippen molar-refractivity contribution in [1.29, 1.82) is 0 Å². The first-order chi connectivity index (χ1) is 11.6. The van der Waals surface area contributed by atoms with Crippen molar-refractivity contribution >= 4 is 28.3 Å². The first-order valence-corrected chi connectivity index (χ1v) is 8.10. The van der Waals surface area contributed by atoms with Crippen LogP contribution in [0.25, 0.3) is 11.3 Å². The molecule has 0 bridgehead atoms. The van der Waals surface area contributed by atoms with E-state index in [0.29, 0.717) is 16.4 Å². The van der Waals surface area contributed by atoms with Gasteiger partial charge in [-0.15, -0.1) is 11.3 Å². The number of hydrogen-bond acceptors (Lipinski definition) is 5. The summed E-state index contributed by atoms with van der Waals surface area (Å²) < 4.78 is 4.94. The molecule has 3 rings (SSSR count). The van der Waals surface area contributed by atoms with Crippen LogP contribution in [0.15, 0.2) is 60.0 Å². The fourth-order valence-electron chi connectivity index (χ4n) is 2.08. The molecule has 0 aliphatic rings. The molecule has 0 saturated heterocycles. The van der Waals surface area contributed by atoms with Crippen LogP contribution in [0.5, 0.6) is 5.75 Å². The number of esters is 1. The van der Waals surface area contributed by atoms with E-state index in [4.69, 9.17) is 4.74 Å². The molecule has 0 aliphatic heterocycles. The second-order valence-electron chi connectivity index (χ2n) is 4.98. The SMILES string of the molecule is CC(=O)Oc1ccc(C(=O)Nc2nc(-c3ccccc3)cs2)cc1. The molecule has 1 amide bonds. The van der Waals surface area contributed by atoms with Gasteiger partial charge in [-0.25, -0.2) is 4.98 Å². The summed E-state index contributed by atoms with van der Waals surface area (Å²) in [6, 6.07) is 16.1. The molecule has 0 unspecified atom stereocenters. The number of anilines is 1. The molecule has 0 fully saturated rings. The van der Waals surface area contributed by atoms with Gasteiger partial charge in [0.15, 0.2) is 5.13 Å². The first-order valence-electron chi connectivity index (χ1n) is 7.22. The number of benzene rings is 2. The summed E-state index contributed by atoms with van der Waals surface area (Å²) >= 11 is 1.37. The molecule has 0 spiro atoms. The van der Waals surface area contributed by atoms with Gasteiger partial charge in [0.2, 0.25) is 0 Å². The zero-order valence-electron chi connectivity index (χ0n) is 12.9. The number of aromatic nitrogens is 1. The highest BCUT2D eigenvalue weighted by atomic mass is 32.1. The lowest BCUT2D eigenvalue weighted by molar-refractivity contribution is -0.131. The summed E-state index contributed by atoms with van der Waals surface area (Å²) in [5, 5.41) is 5.20. The third-order valence-electron chi connectivity index (χ3n) is 3.17. The van der Waals surface area contributed by atoms with Crippen LogP contribution in [-0.4, -0.2) is 16.9 Å². The van der Waals surface area contributed by atoms with Gasteiger partial charge in [0.1, 0.15) is 5.75 Å². The van der Waals surface area contributed by atoms with E-state index in [2.05, 4.69) is 10.3 Å². The monoisotopic (exact) mass is 338 g/mol. The second kappa shape index (κ2) is 7.06. The van der Waals surface area contributed by atoms with E-state index < -0.39 is 5.97 Å². The third-order valence-corrected chi connectivity index (χ3v) is 3.93. The van der Waals surface area contributed by atoms with Crippen LogP contribution in [0, 0.1) is 0 Å². The van der Waals surface area contributed by atoms with Crippen molar-refractivity contribution in [1.82, 2.24) is 4.98 Å². The highest BCUT2D eigenvalue weighted by Gasteiger charge is 2.10. The van der Waals surface area contributed by atoms with Crippen LogP contribution in [0.3, 0.4) is 0 Å². The van der Waals surface area contributed by atoms with Crippen LogP contribution in [-0.2, 0) is 4.79 Å². The third kappa shape index (κ3) is 3.85. The zero-order chi connectivity index (χ0) is 16.9. The Bertz CT molecular complexity index is 857. The van der Waals surface area contributed by atoms with E-state index >= 15 is 0 Å². The van der Waals surface area contributed by atoms with Crippen molar-refractivity contribution in [2.75, 3.05) is 5.32 Å². The van der Waals surface area contributed by atoms with E-state index in [1.165, 1.54) is 18.3 Å². The number of nitrogens with one attached hydrogen (secondary N) is 1. The molecule has 0 atom stereocenters. The van der Waals surface area contributed by atoms with Gasteiger partial charge in [0.05, 0.1) is 5.69 Å². The number of rotatable bonds is 4. The summed E-state index contributed by atoms with van der Waals surface area (Å²) in [7, 11) is 0. The lowest BCUT2D eigenvalue weighted by Crippen LogP contribution is -2.11. The van der Waals surface area contributed by atoms with Crippen molar-refractivity contribution in [3.05, 3.63) is 65.5 Å². The molecule has 120 valence electrons. The van der Waals surface area contributed by atoms with E-state index in [1.54, 1.807) is 24.3 Å². The smallest absolute Gasteiger partial charge is 0.308 e. The van der Waals surface area contributed by atoms with Crippen LogP contribution < -0.4 is 10.1 Å². The van der Waals surface area contributed by atoms with Gasteiger partial charge in [-0.3, -0.25) is 14.9 Å². The normalized spacial score (nSPS) is 10.2. The maximum Gasteiger partial charge on any atom is 0.308 e. The fraction of sp³-hybridized carbons (Fsp3) is 0.0556. The van der Waals surface area contributed by atoms with Crippen molar-refractivity contribution in [3.63, 3.8) is 0 Å². The summed E-state index contributed by atoms with van der Waals surface area (Å²) in [4.78, 5) is 27.5. The van der Waals surface area contributed by atoms with Gasteiger partial charge in [-0.2, -0.15) is 0 Å². The Morgan fingerprint density at radius 1 is 1.04 bits per heavy atom. The molecular weight excluding hydrogens is 324 g/mol. The van der Waals surface area contributed by atoms with Gasteiger partial charge >= 0.3 is 5.97 Å². The second-order valence-corrected chi connectivity index (χ2v) is 5.83. The Balaban J connectivity index is 1.69. The van der Waals surface area contributed by atoms with Crippen molar-refractivity contribution < 1.29 is 14.3 Å². The van der Waals surface area contributed by atoms with Crippen LogP contribution in [0.4, 0.5) is 5.13 Å². The molecule has 5 nitrogen and oxygen atoms in total. The van der Waals surface area contributed by atoms with Crippen molar-refractivity contribution in [3.8, 4) is 17.0 Å². The van der Waals surface area contributed by atoms with E-state index in [0.717, 1.165) is 11.3 Å². The van der Waals surface area contributed by atoms with E-state index in [9.17, 15) is 9.59 Å². The van der Waals surface area contributed by atoms with Crippen LogP contribution in [0.2, 0.25) is 0 Å². The zero-order valence-corrected chi connectivity index (χ0v) is 13.7. The van der Waals surface area contributed by atoms with Gasteiger partial charge in [-0.05, 0) is 24.3 Å². The molecule has 24 heavy (non-hydrogen) atoms. The average molecular weight is 338 g/mol. The summed E-state index contributed by atoms with van der Waals surface area (Å²) in [5.41, 5.74) is 2.28. The molecule has 1 heterocycles. The Labute approximate surface area is 142 Å². The minimum atomic E-state index is -0.400. The number of amides is 1. The molecule has 2 aromatic carbocycles. The van der Waals surface area contributed by atoms with Crippen LogP contribution >= 0.6 is 11.3 Å².